The molecule has 2 rings (SSSR count). The Morgan fingerprint density at radius 3 is 2.43 bits per heavy atom. The summed E-state index contributed by atoms with van der Waals surface area (Å²) >= 11 is 1.50. The zero-order chi connectivity index (χ0) is 15.8. The summed E-state index contributed by atoms with van der Waals surface area (Å²) in [4.78, 5) is 9.16. The van der Waals surface area contributed by atoms with Crippen molar-refractivity contribution in [3.05, 3.63) is 33.3 Å². The van der Waals surface area contributed by atoms with Gasteiger partial charge in [0.1, 0.15) is 11.6 Å². The molecule has 21 heavy (non-hydrogen) atoms. The van der Waals surface area contributed by atoms with E-state index in [0.717, 1.165) is 27.7 Å². The van der Waals surface area contributed by atoms with Gasteiger partial charge < -0.3 is 11.1 Å². The number of pyridine rings is 1. The van der Waals surface area contributed by atoms with Crippen LogP contribution < -0.4 is 11.1 Å². The maximum Gasteiger partial charge on any atom is 0.416 e. The van der Waals surface area contributed by atoms with E-state index in [1.807, 2.05) is 20.8 Å². The standard InChI is InChI=1S/C13H15F3N4S/c1-6-12(21-8(3)18-6)7(2)19-11-5-9(13(14,15)16)4-10(17)20-11/h4-5,7H,1-3H3,(H3,17,19,20). The van der Waals surface area contributed by atoms with E-state index in [0.29, 0.717) is 0 Å². The Balaban J connectivity index is 2.27. The molecule has 0 aliphatic carbocycles. The predicted octanol–water partition coefficient (Wildman–Crippen LogP) is 3.93. The largest absolute Gasteiger partial charge is 0.416 e. The molecule has 0 saturated carbocycles. The van der Waals surface area contributed by atoms with Crippen LogP contribution in [0.3, 0.4) is 0 Å². The second-order valence-electron chi connectivity index (χ2n) is 4.71. The van der Waals surface area contributed by atoms with E-state index in [4.69, 9.17) is 5.73 Å². The maximum absolute atomic E-state index is 12.8. The molecular weight excluding hydrogens is 301 g/mol. The summed E-state index contributed by atoms with van der Waals surface area (Å²) < 4.78 is 38.3. The molecule has 0 saturated heterocycles. The fraction of sp³-hybridized carbons (Fsp3) is 0.385. The number of halogens is 3. The summed E-state index contributed by atoms with van der Waals surface area (Å²) in [7, 11) is 0. The van der Waals surface area contributed by atoms with Gasteiger partial charge in [-0.2, -0.15) is 13.2 Å². The Hall–Kier alpha value is -1.83. The lowest BCUT2D eigenvalue weighted by molar-refractivity contribution is -0.137. The van der Waals surface area contributed by atoms with Crippen LogP contribution in [-0.4, -0.2) is 9.97 Å². The number of thiazole rings is 1. The van der Waals surface area contributed by atoms with Gasteiger partial charge in [-0.25, -0.2) is 9.97 Å². The molecule has 8 heteroatoms. The van der Waals surface area contributed by atoms with Gasteiger partial charge in [-0.1, -0.05) is 0 Å². The zero-order valence-electron chi connectivity index (χ0n) is 11.7. The lowest BCUT2D eigenvalue weighted by Gasteiger charge is -2.16. The van der Waals surface area contributed by atoms with Crippen LogP contribution in [0.1, 0.15) is 34.1 Å². The van der Waals surface area contributed by atoms with Crippen molar-refractivity contribution < 1.29 is 13.2 Å². The number of rotatable bonds is 3. The Morgan fingerprint density at radius 2 is 1.90 bits per heavy atom. The van der Waals surface area contributed by atoms with Crippen molar-refractivity contribution in [2.75, 3.05) is 11.1 Å². The van der Waals surface area contributed by atoms with Crippen LogP contribution in [0.25, 0.3) is 0 Å². The first-order valence-corrected chi connectivity index (χ1v) is 7.03. The van der Waals surface area contributed by atoms with Gasteiger partial charge in [0.05, 0.1) is 22.3 Å². The third kappa shape index (κ3) is 3.63. The normalized spacial score (nSPS) is 13.2. The second kappa shape index (κ2) is 5.51. The van der Waals surface area contributed by atoms with Gasteiger partial charge in [0.25, 0.3) is 0 Å². The average molecular weight is 316 g/mol. The van der Waals surface area contributed by atoms with Crippen molar-refractivity contribution in [1.82, 2.24) is 9.97 Å². The van der Waals surface area contributed by atoms with Gasteiger partial charge >= 0.3 is 6.18 Å². The Kier molecular flexibility index (Phi) is 4.08. The minimum atomic E-state index is -4.45. The summed E-state index contributed by atoms with van der Waals surface area (Å²) in [5.74, 6) is -0.0722. The summed E-state index contributed by atoms with van der Waals surface area (Å²) in [5, 5.41) is 3.85. The smallest absolute Gasteiger partial charge is 0.384 e. The number of hydrogen-bond acceptors (Lipinski definition) is 5. The minimum Gasteiger partial charge on any atom is -0.384 e. The number of nitrogens with two attached hydrogens (primary N) is 1. The summed E-state index contributed by atoms with van der Waals surface area (Å²) in [5.41, 5.74) is 5.48. The third-order valence-electron chi connectivity index (χ3n) is 2.87. The van der Waals surface area contributed by atoms with Gasteiger partial charge in [-0.3, -0.25) is 0 Å². The van der Waals surface area contributed by atoms with Crippen LogP contribution in [0.5, 0.6) is 0 Å². The van der Waals surface area contributed by atoms with Crippen LogP contribution in [0.4, 0.5) is 24.8 Å². The molecule has 4 nitrogen and oxygen atoms in total. The van der Waals surface area contributed by atoms with Gasteiger partial charge in [0, 0.05) is 4.88 Å². The molecule has 1 atom stereocenters. The van der Waals surface area contributed by atoms with Crippen molar-refractivity contribution >= 4 is 23.0 Å². The molecule has 0 radical (unpaired) electrons. The molecular formula is C13H15F3N4S. The van der Waals surface area contributed by atoms with E-state index in [1.54, 1.807) is 0 Å². The summed E-state index contributed by atoms with van der Waals surface area (Å²) in [6.07, 6.45) is -4.45. The summed E-state index contributed by atoms with van der Waals surface area (Å²) in [6, 6.07) is 1.57. The highest BCUT2D eigenvalue weighted by molar-refractivity contribution is 7.11. The highest BCUT2D eigenvalue weighted by atomic mass is 32.1. The van der Waals surface area contributed by atoms with Crippen LogP contribution >= 0.6 is 11.3 Å². The van der Waals surface area contributed by atoms with E-state index in [-0.39, 0.29) is 17.7 Å². The van der Waals surface area contributed by atoms with E-state index in [9.17, 15) is 13.2 Å². The zero-order valence-corrected chi connectivity index (χ0v) is 12.6. The topological polar surface area (TPSA) is 63.8 Å². The minimum absolute atomic E-state index is 0.0975. The lowest BCUT2D eigenvalue weighted by Crippen LogP contribution is -2.12. The van der Waals surface area contributed by atoms with Crippen molar-refractivity contribution in [2.45, 2.75) is 33.0 Å². The highest BCUT2D eigenvalue weighted by Crippen LogP contribution is 2.33. The summed E-state index contributed by atoms with van der Waals surface area (Å²) in [6.45, 7) is 5.59. The molecule has 0 spiro atoms. The molecule has 2 aromatic heterocycles. The first-order chi connectivity index (χ1) is 9.66. The van der Waals surface area contributed by atoms with Crippen molar-refractivity contribution in [1.29, 1.82) is 0 Å². The number of aromatic nitrogens is 2. The van der Waals surface area contributed by atoms with Crippen LogP contribution in [0.2, 0.25) is 0 Å². The van der Waals surface area contributed by atoms with Crippen molar-refractivity contribution in [3.63, 3.8) is 0 Å². The monoisotopic (exact) mass is 316 g/mol. The predicted molar refractivity (Wildman–Crippen MR) is 77.3 cm³/mol. The van der Waals surface area contributed by atoms with Gasteiger partial charge in [-0.15, -0.1) is 11.3 Å². The Bertz CT molecular complexity index is 651. The SMILES string of the molecule is Cc1nc(C)c(C(C)Nc2cc(C(F)(F)F)cc(N)n2)s1. The number of hydrogen-bond donors (Lipinski definition) is 2. The van der Waals surface area contributed by atoms with E-state index >= 15 is 0 Å². The van der Waals surface area contributed by atoms with Crippen LogP contribution in [-0.2, 0) is 6.18 Å². The number of alkyl halides is 3. The lowest BCUT2D eigenvalue weighted by atomic mass is 10.2. The molecule has 3 N–H and O–H groups in total. The molecule has 114 valence electrons. The molecule has 0 fully saturated rings. The second-order valence-corrected chi connectivity index (χ2v) is 5.95. The maximum atomic E-state index is 12.8. The molecule has 2 heterocycles. The number of nitrogens with zero attached hydrogens (tertiary/aromatic N) is 2. The fourth-order valence-corrected chi connectivity index (χ4v) is 2.96. The average Bonchev–Trinajstić information content (AvgIpc) is 2.66. The first-order valence-electron chi connectivity index (χ1n) is 6.22. The molecule has 0 amide bonds. The molecule has 0 aromatic carbocycles. The fourth-order valence-electron chi connectivity index (χ4n) is 2.03. The Morgan fingerprint density at radius 1 is 1.24 bits per heavy atom. The van der Waals surface area contributed by atoms with Gasteiger partial charge in [0.2, 0.25) is 0 Å². The number of aryl methyl sites for hydroxylation is 2. The van der Waals surface area contributed by atoms with Crippen LogP contribution in [0, 0.1) is 13.8 Å². The quantitative estimate of drug-likeness (QED) is 0.900. The van der Waals surface area contributed by atoms with E-state index in [2.05, 4.69) is 15.3 Å². The van der Waals surface area contributed by atoms with Crippen LogP contribution in [0.15, 0.2) is 12.1 Å². The molecule has 2 aromatic rings. The Labute approximate surface area is 124 Å². The highest BCUT2D eigenvalue weighted by Gasteiger charge is 2.31. The molecule has 0 bridgehead atoms. The van der Waals surface area contributed by atoms with Gasteiger partial charge in [0.15, 0.2) is 0 Å². The van der Waals surface area contributed by atoms with Crippen molar-refractivity contribution in [3.8, 4) is 0 Å². The molecule has 0 aliphatic heterocycles. The first kappa shape index (κ1) is 15.6. The third-order valence-corrected chi connectivity index (χ3v) is 4.13. The number of anilines is 2. The number of nitrogen functional groups attached to an aromatic ring is 1. The van der Waals surface area contributed by atoms with Crippen molar-refractivity contribution in [2.24, 2.45) is 0 Å². The molecule has 0 aliphatic rings. The molecule has 1 unspecified atom stereocenters. The number of nitrogens with one attached hydrogen (secondary N) is 1. The van der Waals surface area contributed by atoms with E-state index in [1.165, 1.54) is 11.3 Å². The van der Waals surface area contributed by atoms with E-state index < -0.39 is 11.7 Å². The van der Waals surface area contributed by atoms with Gasteiger partial charge in [-0.05, 0) is 32.9 Å².